The predicted octanol–water partition coefficient (Wildman–Crippen LogP) is 3.06. The van der Waals surface area contributed by atoms with Gasteiger partial charge in [-0.25, -0.2) is 0 Å². The molecule has 0 aliphatic carbocycles. The fourth-order valence-corrected chi connectivity index (χ4v) is 2.45. The molecule has 4 nitrogen and oxygen atoms in total. The van der Waals surface area contributed by atoms with E-state index in [0.29, 0.717) is 10.8 Å². The van der Waals surface area contributed by atoms with Crippen LogP contribution in [0.4, 0.5) is 11.5 Å². The van der Waals surface area contributed by atoms with E-state index in [-0.39, 0.29) is 0 Å². The fraction of sp³-hybridized carbons (Fsp3) is 0.312. The highest BCUT2D eigenvalue weighted by atomic mass is 32.1. The minimum atomic E-state index is 0.345. The summed E-state index contributed by atoms with van der Waals surface area (Å²) in [6.07, 6.45) is 1.02. The van der Waals surface area contributed by atoms with Crippen LogP contribution in [0.15, 0.2) is 24.3 Å². The van der Waals surface area contributed by atoms with E-state index in [2.05, 4.69) is 41.4 Å². The smallest absolute Gasteiger partial charge is 0.165 e. The molecule has 1 aromatic heterocycles. The summed E-state index contributed by atoms with van der Waals surface area (Å²) >= 11 is 5.19. The zero-order chi connectivity index (χ0) is 15.6. The molecule has 0 saturated heterocycles. The number of hydrogen-bond donors (Lipinski definition) is 1. The van der Waals surface area contributed by atoms with E-state index in [0.717, 1.165) is 28.9 Å². The van der Waals surface area contributed by atoms with Crippen molar-refractivity contribution < 1.29 is 0 Å². The van der Waals surface area contributed by atoms with Crippen LogP contribution in [-0.2, 0) is 6.42 Å². The summed E-state index contributed by atoms with van der Waals surface area (Å²) in [5.74, 6) is 0.690. The van der Waals surface area contributed by atoms with Crippen molar-refractivity contribution in [2.24, 2.45) is 5.73 Å². The van der Waals surface area contributed by atoms with Gasteiger partial charge < -0.3 is 10.6 Å². The van der Waals surface area contributed by atoms with E-state index in [4.69, 9.17) is 18.0 Å². The van der Waals surface area contributed by atoms with Gasteiger partial charge in [0, 0.05) is 12.7 Å². The van der Waals surface area contributed by atoms with Crippen LogP contribution >= 0.6 is 12.2 Å². The number of aromatic nitrogens is 2. The third kappa shape index (κ3) is 3.03. The molecular weight excluding hydrogens is 280 g/mol. The summed E-state index contributed by atoms with van der Waals surface area (Å²) in [5, 5.41) is 8.48. The molecule has 0 fully saturated rings. The van der Waals surface area contributed by atoms with Gasteiger partial charge >= 0.3 is 0 Å². The molecule has 2 aromatic rings. The first kappa shape index (κ1) is 15.4. The maximum atomic E-state index is 5.88. The monoisotopic (exact) mass is 300 g/mol. The van der Waals surface area contributed by atoms with Crippen molar-refractivity contribution in [1.82, 2.24) is 10.2 Å². The Bertz CT molecular complexity index is 665. The van der Waals surface area contributed by atoms with Crippen molar-refractivity contribution in [1.29, 1.82) is 0 Å². The molecule has 21 heavy (non-hydrogen) atoms. The molecular formula is C16H20N4S. The van der Waals surface area contributed by atoms with Crippen molar-refractivity contribution in [2.45, 2.75) is 27.2 Å². The zero-order valence-electron chi connectivity index (χ0n) is 12.8. The summed E-state index contributed by atoms with van der Waals surface area (Å²) in [6.45, 7) is 6.01. The highest BCUT2D eigenvalue weighted by Crippen LogP contribution is 2.27. The quantitative estimate of drug-likeness (QED) is 0.880. The van der Waals surface area contributed by atoms with Crippen molar-refractivity contribution in [2.75, 3.05) is 11.9 Å². The number of benzene rings is 1. The lowest BCUT2D eigenvalue weighted by Gasteiger charge is -2.22. The molecule has 110 valence electrons. The Labute approximate surface area is 131 Å². The lowest BCUT2D eigenvalue weighted by Crippen LogP contribution is -2.22. The van der Waals surface area contributed by atoms with Crippen molar-refractivity contribution >= 4 is 28.7 Å². The van der Waals surface area contributed by atoms with Gasteiger partial charge in [0.1, 0.15) is 4.99 Å². The maximum Gasteiger partial charge on any atom is 0.165 e. The minimum absolute atomic E-state index is 0.345. The van der Waals surface area contributed by atoms with Crippen molar-refractivity contribution in [3.63, 3.8) is 0 Å². The summed E-state index contributed by atoms with van der Waals surface area (Å²) < 4.78 is 0. The fourth-order valence-electron chi connectivity index (χ4n) is 2.20. The molecule has 1 heterocycles. The Morgan fingerprint density at radius 1 is 1.19 bits per heavy atom. The predicted molar refractivity (Wildman–Crippen MR) is 91.3 cm³/mol. The number of nitrogens with two attached hydrogens (primary N) is 1. The average Bonchev–Trinajstić information content (AvgIpc) is 2.48. The number of hydrogen-bond acceptors (Lipinski definition) is 4. The van der Waals surface area contributed by atoms with Gasteiger partial charge in [-0.05, 0) is 43.5 Å². The molecule has 2 rings (SSSR count). The Morgan fingerprint density at radius 3 is 2.33 bits per heavy atom. The second-order valence-corrected chi connectivity index (χ2v) is 5.49. The molecule has 0 saturated carbocycles. The summed E-state index contributed by atoms with van der Waals surface area (Å²) in [5.41, 5.74) is 10.8. The normalized spacial score (nSPS) is 10.5. The molecule has 0 amide bonds. The van der Waals surface area contributed by atoms with Crippen LogP contribution in [0.3, 0.4) is 0 Å². The van der Waals surface area contributed by atoms with Crippen LogP contribution in [0, 0.1) is 13.8 Å². The van der Waals surface area contributed by atoms with Gasteiger partial charge in [0.05, 0.1) is 11.3 Å². The topological polar surface area (TPSA) is 55.0 Å². The van der Waals surface area contributed by atoms with Gasteiger partial charge in [-0.3, -0.25) is 0 Å². The Balaban J connectivity index is 2.49. The van der Waals surface area contributed by atoms with E-state index in [1.807, 2.05) is 25.8 Å². The van der Waals surface area contributed by atoms with Crippen LogP contribution < -0.4 is 10.6 Å². The SMILES string of the molecule is CCc1ccc(N(C)c2nnc(C)c(C)c2C(N)=S)cc1. The van der Waals surface area contributed by atoms with Crippen molar-refractivity contribution in [3.05, 3.63) is 46.6 Å². The third-order valence-electron chi connectivity index (χ3n) is 3.73. The molecule has 0 aliphatic rings. The molecule has 5 heteroatoms. The number of thiocarbonyl (C=S) groups is 1. The number of anilines is 2. The Morgan fingerprint density at radius 2 is 1.81 bits per heavy atom. The van der Waals surface area contributed by atoms with Crippen LogP contribution in [-0.4, -0.2) is 22.2 Å². The molecule has 1 aromatic carbocycles. The molecule has 0 aliphatic heterocycles. The summed E-state index contributed by atoms with van der Waals surface area (Å²) in [7, 11) is 1.95. The zero-order valence-corrected chi connectivity index (χ0v) is 13.7. The maximum absolute atomic E-state index is 5.88. The van der Waals surface area contributed by atoms with E-state index < -0.39 is 0 Å². The van der Waals surface area contributed by atoms with E-state index >= 15 is 0 Å². The highest BCUT2D eigenvalue weighted by molar-refractivity contribution is 7.80. The van der Waals surface area contributed by atoms with Crippen molar-refractivity contribution in [3.8, 4) is 0 Å². The number of aryl methyl sites for hydroxylation is 2. The first-order valence-electron chi connectivity index (χ1n) is 6.92. The van der Waals surface area contributed by atoms with Gasteiger partial charge in [-0.2, -0.15) is 5.10 Å². The standard InChI is InChI=1S/C16H20N4S/c1-5-12-6-8-13(9-7-12)20(4)16-14(15(17)21)10(2)11(3)18-19-16/h6-9H,5H2,1-4H3,(H2,17,21). The van der Waals surface area contributed by atoms with Gasteiger partial charge in [-0.15, -0.1) is 5.10 Å². The van der Waals surface area contributed by atoms with Crippen LogP contribution in [0.25, 0.3) is 0 Å². The van der Waals surface area contributed by atoms with E-state index in [1.165, 1.54) is 5.56 Å². The second kappa shape index (κ2) is 6.18. The summed E-state index contributed by atoms with van der Waals surface area (Å²) in [4.78, 5) is 2.31. The Kier molecular flexibility index (Phi) is 4.53. The van der Waals surface area contributed by atoms with Crippen LogP contribution in [0.5, 0.6) is 0 Å². The van der Waals surface area contributed by atoms with Crippen LogP contribution in [0.2, 0.25) is 0 Å². The van der Waals surface area contributed by atoms with E-state index in [9.17, 15) is 0 Å². The third-order valence-corrected chi connectivity index (χ3v) is 3.94. The largest absolute Gasteiger partial charge is 0.389 e. The second-order valence-electron chi connectivity index (χ2n) is 5.05. The lowest BCUT2D eigenvalue weighted by molar-refractivity contribution is 0.931. The molecule has 2 N–H and O–H groups in total. The van der Waals surface area contributed by atoms with E-state index in [1.54, 1.807) is 0 Å². The van der Waals surface area contributed by atoms with Gasteiger partial charge in [0.25, 0.3) is 0 Å². The van der Waals surface area contributed by atoms with Gasteiger partial charge in [0.2, 0.25) is 0 Å². The number of rotatable bonds is 4. The lowest BCUT2D eigenvalue weighted by atomic mass is 10.1. The summed E-state index contributed by atoms with van der Waals surface area (Å²) in [6, 6.07) is 8.36. The molecule has 0 radical (unpaired) electrons. The first-order valence-corrected chi connectivity index (χ1v) is 7.32. The molecule has 0 spiro atoms. The van der Waals surface area contributed by atoms with Crippen LogP contribution in [0.1, 0.15) is 29.3 Å². The minimum Gasteiger partial charge on any atom is -0.389 e. The first-order chi connectivity index (χ1) is 9.95. The molecule has 0 unspecified atom stereocenters. The van der Waals surface area contributed by atoms with Gasteiger partial charge in [-0.1, -0.05) is 31.3 Å². The Hall–Kier alpha value is -2.01. The number of nitrogens with zero attached hydrogens (tertiary/aromatic N) is 3. The van der Waals surface area contributed by atoms with Gasteiger partial charge in [0.15, 0.2) is 5.82 Å². The average molecular weight is 300 g/mol. The molecule has 0 bridgehead atoms. The molecule has 0 atom stereocenters. The highest BCUT2D eigenvalue weighted by Gasteiger charge is 2.17.